The monoisotopic (exact) mass is 297 g/mol. The van der Waals surface area contributed by atoms with Gasteiger partial charge in [-0.2, -0.15) is 0 Å². The van der Waals surface area contributed by atoms with Gasteiger partial charge in [0.2, 0.25) is 0 Å². The topological polar surface area (TPSA) is 49.9 Å². The van der Waals surface area contributed by atoms with E-state index in [9.17, 15) is 0 Å². The van der Waals surface area contributed by atoms with Crippen molar-refractivity contribution in [2.24, 2.45) is 0 Å². The van der Waals surface area contributed by atoms with Crippen LogP contribution in [0.25, 0.3) is 0 Å². The Morgan fingerprint density at radius 2 is 2.37 bits per heavy atom. The summed E-state index contributed by atoms with van der Waals surface area (Å²) in [5.41, 5.74) is 1.20. The molecule has 0 saturated heterocycles. The van der Waals surface area contributed by atoms with Crippen LogP contribution in [0.15, 0.2) is 40.6 Å². The predicted molar refractivity (Wildman–Crippen MR) is 77.7 cm³/mol. The Labute approximate surface area is 121 Å². The molecule has 1 aromatic heterocycles. The Morgan fingerprint density at radius 3 is 3.11 bits per heavy atom. The molecule has 2 N–H and O–H groups in total. The van der Waals surface area contributed by atoms with E-state index in [1.807, 2.05) is 24.4 Å². The molecule has 2 rings (SSSR count). The van der Waals surface area contributed by atoms with E-state index in [1.54, 1.807) is 25.1 Å². The molecule has 0 bridgehead atoms. The van der Waals surface area contributed by atoms with Crippen LogP contribution in [-0.2, 0) is 11.3 Å². The first-order valence-corrected chi connectivity index (χ1v) is 7.14. The van der Waals surface area contributed by atoms with Crippen molar-refractivity contribution < 1.29 is 4.74 Å². The van der Waals surface area contributed by atoms with Crippen LogP contribution in [0.2, 0.25) is 5.02 Å². The molecule has 102 valence electrons. The zero-order chi connectivity index (χ0) is 13.5. The van der Waals surface area contributed by atoms with Crippen LogP contribution in [0.1, 0.15) is 5.56 Å². The highest BCUT2D eigenvalue weighted by molar-refractivity contribution is 7.99. The largest absolute Gasteiger partial charge is 0.383 e. The van der Waals surface area contributed by atoms with Crippen LogP contribution < -0.4 is 5.32 Å². The van der Waals surface area contributed by atoms with E-state index in [0.29, 0.717) is 6.61 Å². The van der Waals surface area contributed by atoms with Gasteiger partial charge in [0, 0.05) is 42.5 Å². The molecule has 0 unspecified atom stereocenters. The van der Waals surface area contributed by atoms with E-state index in [2.05, 4.69) is 15.3 Å². The summed E-state index contributed by atoms with van der Waals surface area (Å²) in [6.45, 7) is 2.31. The highest BCUT2D eigenvalue weighted by Crippen LogP contribution is 2.30. The van der Waals surface area contributed by atoms with Crippen LogP contribution in [0.3, 0.4) is 0 Å². The first-order chi connectivity index (χ1) is 9.29. The number of aromatic nitrogens is 2. The average molecular weight is 298 g/mol. The minimum atomic E-state index is 0.703. The number of H-pyrrole nitrogens is 1. The van der Waals surface area contributed by atoms with Gasteiger partial charge in [-0.3, -0.25) is 0 Å². The maximum absolute atomic E-state index is 6.06. The number of ether oxygens (including phenoxy) is 1. The second-order valence-electron chi connectivity index (χ2n) is 3.92. The fourth-order valence-corrected chi connectivity index (χ4v) is 2.72. The van der Waals surface area contributed by atoms with Crippen molar-refractivity contribution in [2.45, 2.75) is 16.6 Å². The third-order valence-corrected chi connectivity index (χ3v) is 3.76. The van der Waals surface area contributed by atoms with E-state index >= 15 is 0 Å². The zero-order valence-corrected chi connectivity index (χ0v) is 12.2. The fraction of sp³-hybridized carbons (Fsp3) is 0.308. The van der Waals surface area contributed by atoms with Gasteiger partial charge in [0.15, 0.2) is 5.16 Å². The fourth-order valence-electron chi connectivity index (χ4n) is 1.58. The van der Waals surface area contributed by atoms with Gasteiger partial charge >= 0.3 is 0 Å². The van der Waals surface area contributed by atoms with Crippen molar-refractivity contribution in [1.29, 1.82) is 0 Å². The molecule has 0 aliphatic carbocycles. The second-order valence-corrected chi connectivity index (χ2v) is 5.39. The number of nitrogens with one attached hydrogen (secondary N) is 2. The molecule has 0 radical (unpaired) electrons. The van der Waals surface area contributed by atoms with Crippen molar-refractivity contribution >= 4 is 23.4 Å². The first-order valence-electron chi connectivity index (χ1n) is 5.95. The van der Waals surface area contributed by atoms with Gasteiger partial charge in [-0.15, -0.1) is 0 Å². The number of imidazole rings is 1. The van der Waals surface area contributed by atoms with Gasteiger partial charge in [0.05, 0.1) is 6.61 Å². The molecule has 0 saturated carbocycles. The molecule has 6 heteroatoms. The summed E-state index contributed by atoms with van der Waals surface area (Å²) in [5.74, 6) is 0. The summed E-state index contributed by atoms with van der Waals surface area (Å²) in [5, 5.41) is 4.92. The summed E-state index contributed by atoms with van der Waals surface area (Å²) >= 11 is 7.63. The van der Waals surface area contributed by atoms with Crippen molar-refractivity contribution in [3.8, 4) is 0 Å². The van der Waals surface area contributed by atoms with E-state index in [4.69, 9.17) is 16.3 Å². The summed E-state index contributed by atoms with van der Waals surface area (Å²) in [6, 6.07) is 5.90. The van der Waals surface area contributed by atoms with E-state index in [0.717, 1.165) is 28.2 Å². The minimum Gasteiger partial charge on any atom is -0.383 e. The van der Waals surface area contributed by atoms with Gasteiger partial charge in [-0.25, -0.2) is 4.98 Å². The van der Waals surface area contributed by atoms with Crippen molar-refractivity contribution in [3.63, 3.8) is 0 Å². The maximum Gasteiger partial charge on any atom is 0.170 e. The van der Waals surface area contributed by atoms with Crippen LogP contribution in [-0.4, -0.2) is 30.2 Å². The number of hydrogen-bond donors (Lipinski definition) is 2. The zero-order valence-electron chi connectivity index (χ0n) is 10.6. The maximum atomic E-state index is 6.06. The Hall–Kier alpha value is -1.01. The summed E-state index contributed by atoms with van der Waals surface area (Å²) in [6.07, 6.45) is 3.55. The third-order valence-electron chi connectivity index (χ3n) is 2.51. The van der Waals surface area contributed by atoms with Gasteiger partial charge in [-0.1, -0.05) is 29.4 Å². The Kier molecular flexibility index (Phi) is 5.72. The molecule has 0 amide bonds. The van der Waals surface area contributed by atoms with Gasteiger partial charge in [0.1, 0.15) is 0 Å². The molecule has 19 heavy (non-hydrogen) atoms. The van der Waals surface area contributed by atoms with Gasteiger partial charge < -0.3 is 15.0 Å². The Balaban J connectivity index is 2.04. The molecule has 0 aliphatic heterocycles. The number of nitrogens with zero attached hydrogens (tertiary/aromatic N) is 1. The van der Waals surface area contributed by atoms with Gasteiger partial charge in [0.25, 0.3) is 0 Å². The minimum absolute atomic E-state index is 0.703. The summed E-state index contributed by atoms with van der Waals surface area (Å²) < 4.78 is 5.01. The smallest absolute Gasteiger partial charge is 0.170 e. The predicted octanol–water partition coefficient (Wildman–Crippen LogP) is 2.95. The molecule has 1 aromatic carbocycles. The molecule has 0 atom stereocenters. The van der Waals surface area contributed by atoms with Crippen LogP contribution >= 0.6 is 23.4 Å². The van der Waals surface area contributed by atoms with E-state index in [1.165, 1.54) is 5.56 Å². The van der Waals surface area contributed by atoms with Crippen molar-refractivity contribution in [2.75, 3.05) is 20.3 Å². The molecular weight excluding hydrogens is 282 g/mol. The quantitative estimate of drug-likeness (QED) is 0.772. The normalized spacial score (nSPS) is 10.8. The first kappa shape index (κ1) is 14.4. The lowest BCUT2D eigenvalue weighted by atomic mass is 10.2. The number of methoxy groups -OCH3 is 1. The van der Waals surface area contributed by atoms with E-state index < -0.39 is 0 Å². The molecule has 0 aliphatic rings. The molecule has 2 aromatic rings. The van der Waals surface area contributed by atoms with E-state index in [-0.39, 0.29) is 0 Å². The number of benzene rings is 1. The van der Waals surface area contributed by atoms with Crippen LogP contribution in [0, 0.1) is 0 Å². The third kappa shape index (κ3) is 4.54. The van der Waals surface area contributed by atoms with Crippen molar-refractivity contribution in [3.05, 3.63) is 41.2 Å². The standard InChI is InChI=1S/C13H16ClN3OS/c1-18-7-6-15-9-10-2-3-11(14)8-12(10)19-13-16-4-5-17-13/h2-5,8,15H,6-7,9H2,1H3,(H,16,17). The lowest BCUT2D eigenvalue weighted by Gasteiger charge is -2.09. The SMILES string of the molecule is COCCNCc1ccc(Cl)cc1Sc1ncc[nH]1. The van der Waals surface area contributed by atoms with Crippen LogP contribution in [0.4, 0.5) is 0 Å². The van der Waals surface area contributed by atoms with Crippen molar-refractivity contribution in [1.82, 2.24) is 15.3 Å². The second kappa shape index (κ2) is 7.55. The number of hydrogen-bond acceptors (Lipinski definition) is 4. The molecule has 0 spiro atoms. The number of rotatable bonds is 7. The molecular formula is C13H16ClN3OS. The summed E-state index contributed by atoms with van der Waals surface area (Å²) in [4.78, 5) is 8.40. The highest BCUT2D eigenvalue weighted by atomic mass is 35.5. The number of halogens is 1. The summed E-state index contributed by atoms with van der Waals surface area (Å²) in [7, 11) is 1.70. The number of aromatic amines is 1. The Morgan fingerprint density at radius 1 is 1.47 bits per heavy atom. The molecule has 4 nitrogen and oxygen atoms in total. The van der Waals surface area contributed by atoms with Crippen LogP contribution in [0.5, 0.6) is 0 Å². The van der Waals surface area contributed by atoms with Gasteiger partial charge in [-0.05, 0) is 17.7 Å². The highest BCUT2D eigenvalue weighted by Gasteiger charge is 2.07. The molecule has 0 fully saturated rings. The molecule has 1 heterocycles. The lowest BCUT2D eigenvalue weighted by molar-refractivity contribution is 0.199. The average Bonchev–Trinajstić information content (AvgIpc) is 2.90. The lowest BCUT2D eigenvalue weighted by Crippen LogP contribution is -2.18. The Bertz CT molecular complexity index is 505.